The zero-order valence-corrected chi connectivity index (χ0v) is 21.2. The van der Waals surface area contributed by atoms with Gasteiger partial charge in [0.2, 0.25) is 0 Å². The molecular weight excluding hydrogens is 474 g/mol. The van der Waals surface area contributed by atoms with Crippen molar-refractivity contribution < 1.29 is 9.90 Å². The minimum atomic E-state index is -1.07. The maximum Gasteiger partial charge on any atom is 0.0547 e. The van der Waals surface area contributed by atoms with Gasteiger partial charge in [-0.15, -0.1) is 11.6 Å². The number of hydrogen-bond acceptors (Lipinski definition) is 2. The van der Waals surface area contributed by atoms with Gasteiger partial charge in [-0.2, -0.15) is 0 Å². The summed E-state index contributed by atoms with van der Waals surface area (Å²) >= 11 is 10.5. The lowest BCUT2D eigenvalue weighted by Gasteiger charge is -2.26. The summed E-state index contributed by atoms with van der Waals surface area (Å²) in [6.45, 7) is 2.26. The molecule has 0 aliphatic heterocycles. The fourth-order valence-electron chi connectivity index (χ4n) is 4.28. The number of alkyl halides is 2. The Morgan fingerprint density at radius 1 is 1.00 bits per heavy atom. The number of fused-ring (bicyclic) bond motifs is 1. The molecular formula is C26H38BrClNO2-. The van der Waals surface area contributed by atoms with Crippen LogP contribution in [-0.4, -0.2) is 21.2 Å². The van der Waals surface area contributed by atoms with Crippen LogP contribution in [0.15, 0.2) is 30.3 Å². The molecule has 0 saturated carbocycles. The molecule has 3 unspecified atom stereocenters. The molecule has 2 rings (SSSR count). The van der Waals surface area contributed by atoms with Crippen molar-refractivity contribution in [3.05, 3.63) is 36.0 Å². The Kier molecular flexibility index (Phi) is 12.7. The summed E-state index contributed by atoms with van der Waals surface area (Å²) in [6, 6.07) is 9.97. The predicted octanol–water partition coefficient (Wildman–Crippen LogP) is 7.46. The molecule has 0 amide bonds. The first-order valence-corrected chi connectivity index (χ1v) is 13.4. The quantitative estimate of drug-likeness (QED) is 0.177. The highest BCUT2D eigenvalue weighted by atomic mass is 79.9. The lowest BCUT2D eigenvalue weighted by Crippen LogP contribution is -2.31. The molecule has 0 aliphatic carbocycles. The van der Waals surface area contributed by atoms with Gasteiger partial charge in [-0.25, -0.2) is 0 Å². The van der Waals surface area contributed by atoms with Crippen LogP contribution in [-0.2, 0) is 4.79 Å². The van der Waals surface area contributed by atoms with Gasteiger partial charge in [0.05, 0.1) is 5.38 Å². The summed E-state index contributed by atoms with van der Waals surface area (Å²) in [5.74, 6) is -1.38. The van der Waals surface area contributed by atoms with E-state index in [0.717, 1.165) is 29.4 Å². The van der Waals surface area contributed by atoms with Gasteiger partial charge in [0, 0.05) is 27.9 Å². The molecule has 1 aromatic heterocycles. The number of aliphatic carboxylic acids is 1. The van der Waals surface area contributed by atoms with E-state index in [0.29, 0.717) is 0 Å². The van der Waals surface area contributed by atoms with E-state index in [1.165, 1.54) is 64.2 Å². The van der Waals surface area contributed by atoms with E-state index in [-0.39, 0.29) is 22.5 Å². The fourth-order valence-corrected chi connectivity index (χ4v) is 5.33. The molecule has 3 nitrogen and oxygen atoms in total. The first kappa shape index (κ1) is 26.3. The van der Waals surface area contributed by atoms with Gasteiger partial charge in [0.15, 0.2) is 0 Å². The second kappa shape index (κ2) is 14.9. The average Bonchev–Trinajstić information content (AvgIpc) is 3.19. The van der Waals surface area contributed by atoms with E-state index in [1.54, 1.807) is 0 Å². The second-order valence-electron chi connectivity index (χ2n) is 8.78. The summed E-state index contributed by atoms with van der Waals surface area (Å²) in [4.78, 5) is 14.8. The Balaban J connectivity index is 1.72. The number of unbranched alkanes of at least 4 members (excludes halogenated alkanes) is 10. The number of carboxylic acids is 1. The number of aromatic nitrogens is 1. The van der Waals surface area contributed by atoms with Crippen LogP contribution in [0, 0.1) is 0 Å². The Bertz CT molecular complexity index is 730. The fraction of sp³-hybridized carbons (Fsp3) is 0.654. The third-order valence-corrected chi connectivity index (χ3v) is 8.09. The number of para-hydroxylation sites is 1. The van der Waals surface area contributed by atoms with Crippen molar-refractivity contribution in [2.45, 2.75) is 107 Å². The van der Waals surface area contributed by atoms with Crippen LogP contribution in [0.4, 0.5) is 0 Å². The number of rotatable bonds is 17. The normalized spacial score (nSPS) is 14.5. The number of nitrogens with one attached hydrogen (secondary N) is 1. The number of carbonyl (C=O) groups is 1. The minimum Gasteiger partial charge on any atom is -0.550 e. The lowest BCUT2D eigenvalue weighted by atomic mass is 9.93. The molecule has 5 heteroatoms. The van der Waals surface area contributed by atoms with E-state index in [9.17, 15) is 9.90 Å². The first-order valence-electron chi connectivity index (χ1n) is 12.1. The molecule has 1 heterocycles. The number of hydrogen-bond donors (Lipinski definition) is 1. The van der Waals surface area contributed by atoms with Crippen LogP contribution in [0.25, 0.3) is 10.9 Å². The van der Waals surface area contributed by atoms with E-state index in [2.05, 4.69) is 27.8 Å². The number of benzene rings is 1. The monoisotopic (exact) mass is 510 g/mol. The maximum absolute atomic E-state index is 11.4. The van der Waals surface area contributed by atoms with E-state index in [4.69, 9.17) is 11.6 Å². The number of carboxylic acid groups (broad SMARTS) is 1. The zero-order valence-electron chi connectivity index (χ0n) is 18.9. The Labute approximate surface area is 201 Å². The van der Waals surface area contributed by atoms with Crippen molar-refractivity contribution in [2.75, 3.05) is 0 Å². The van der Waals surface area contributed by atoms with Crippen molar-refractivity contribution >= 4 is 44.4 Å². The molecule has 0 saturated heterocycles. The van der Waals surface area contributed by atoms with Gasteiger partial charge in [-0.3, -0.25) is 0 Å². The van der Waals surface area contributed by atoms with Crippen LogP contribution in [0.2, 0.25) is 0 Å². The molecule has 0 aliphatic rings. The molecule has 31 heavy (non-hydrogen) atoms. The van der Waals surface area contributed by atoms with Gasteiger partial charge in [-0.1, -0.05) is 112 Å². The van der Waals surface area contributed by atoms with E-state index in [1.807, 2.05) is 30.3 Å². The lowest BCUT2D eigenvalue weighted by molar-refractivity contribution is -0.306. The molecule has 1 aromatic carbocycles. The molecule has 174 valence electrons. The van der Waals surface area contributed by atoms with Crippen molar-refractivity contribution in [3.8, 4) is 0 Å². The van der Waals surface area contributed by atoms with Crippen LogP contribution in [0.5, 0.6) is 0 Å². The summed E-state index contributed by atoms with van der Waals surface area (Å²) < 4.78 is 0. The second-order valence-corrected chi connectivity index (χ2v) is 10.5. The third-order valence-electron chi connectivity index (χ3n) is 6.15. The number of halogens is 2. The zero-order chi connectivity index (χ0) is 22.5. The number of H-pyrrole nitrogens is 1. The highest BCUT2D eigenvalue weighted by molar-refractivity contribution is 9.09. The average molecular weight is 512 g/mol. The molecule has 0 spiro atoms. The van der Waals surface area contributed by atoms with Crippen LogP contribution >= 0.6 is 27.5 Å². The molecule has 0 bridgehead atoms. The smallest absolute Gasteiger partial charge is 0.0547 e. The van der Waals surface area contributed by atoms with Crippen molar-refractivity contribution in [1.82, 2.24) is 4.98 Å². The van der Waals surface area contributed by atoms with Crippen molar-refractivity contribution in [3.63, 3.8) is 0 Å². The van der Waals surface area contributed by atoms with Gasteiger partial charge >= 0.3 is 0 Å². The van der Waals surface area contributed by atoms with Gasteiger partial charge in [0.25, 0.3) is 0 Å². The van der Waals surface area contributed by atoms with Crippen LogP contribution in [0.3, 0.4) is 0 Å². The molecule has 2 aromatic rings. The van der Waals surface area contributed by atoms with Crippen LogP contribution in [0.1, 0.15) is 102 Å². The summed E-state index contributed by atoms with van der Waals surface area (Å²) in [7, 11) is 0. The highest BCUT2D eigenvalue weighted by Gasteiger charge is 2.28. The SMILES string of the molecule is CCCCCCCCCCCCCC(Br)C(Cl)C(CC(=O)[O-])c1cc2ccccc2[nH]1. The molecule has 1 N–H and O–H groups in total. The Hall–Kier alpha value is -1.00. The van der Waals surface area contributed by atoms with E-state index >= 15 is 0 Å². The summed E-state index contributed by atoms with van der Waals surface area (Å²) in [6.07, 6.45) is 15.3. The van der Waals surface area contributed by atoms with Gasteiger partial charge in [-0.05, 0) is 30.4 Å². The maximum atomic E-state index is 11.4. The van der Waals surface area contributed by atoms with Crippen molar-refractivity contribution in [2.24, 2.45) is 0 Å². The van der Waals surface area contributed by atoms with Crippen LogP contribution < -0.4 is 5.11 Å². The largest absolute Gasteiger partial charge is 0.550 e. The Morgan fingerprint density at radius 3 is 2.16 bits per heavy atom. The van der Waals surface area contributed by atoms with Gasteiger partial charge < -0.3 is 14.9 Å². The summed E-state index contributed by atoms with van der Waals surface area (Å²) in [5, 5.41) is 12.1. The summed E-state index contributed by atoms with van der Waals surface area (Å²) in [5.41, 5.74) is 1.87. The van der Waals surface area contributed by atoms with Crippen molar-refractivity contribution in [1.29, 1.82) is 0 Å². The number of aromatic amines is 1. The molecule has 0 fully saturated rings. The molecule has 0 radical (unpaired) electrons. The standard InChI is InChI=1S/C26H39BrClNO2/c1-2-3-4-5-6-7-8-9-10-11-12-16-22(27)26(28)21(19-25(30)31)24-18-20-15-13-14-17-23(20)29-24/h13-15,17-18,21-22,26,29H,2-12,16,19H2,1H3,(H,30,31)/p-1. The predicted molar refractivity (Wildman–Crippen MR) is 134 cm³/mol. The first-order chi connectivity index (χ1) is 15.0. The van der Waals surface area contributed by atoms with E-state index < -0.39 is 5.97 Å². The minimum absolute atomic E-state index is 0.0727. The highest BCUT2D eigenvalue weighted by Crippen LogP contribution is 2.35. The van der Waals surface area contributed by atoms with Gasteiger partial charge in [0.1, 0.15) is 0 Å². The third kappa shape index (κ3) is 9.57. The molecule has 3 atom stereocenters. The topological polar surface area (TPSA) is 55.9 Å². The Morgan fingerprint density at radius 2 is 1.58 bits per heavy atom. The number of carbonyl (C=O) groups excluding carboxylic acids is 1.